The van der Waals surface area contributed by atoms with E-state index in [-0.39, 0.29) is 48.1 Å². The fraction of sp³-hybridized carbons (Fsp3) is 0.294. The number of ether oxygens (including phenoxy) is 1. The molecule has 7 aromatic carbocycles. The molecular formula is C68H70N4OPt-2. The molecule has 0 bridgehead atoms. The summed E-state index contributed by atoms with van der Waals surface area (Å²) in [7, 11) is 0. The van der Waals surface area contributed by atoms with E-state index in [4.69, 9.17) is 9.72 Å². The molecule has 0 atom stereocenters. The maximum atomic E-state index is 6.79. The van der Waals surface area contributed by atoms with Crippen LogP contribution in [-0.2, 0) is 48.1 Å². The van der Waals surface area contributed by atoms with Gasteiger partial charge in [-0.2, -0.15) is 18.2 Å². The average Bonchev–Trinajstić information content (AvgIpc) is 3.88. The fourth-order valence-electron chi connectivity index (χ4n) is 9.97. The molecule has 0 amide bonds. The number of hydrogen-bond donors (Lipinski definition) is 0. The van der Waals surface area contributed by atoms with Crippen LogP contribution < -0.4 is 9.30 Å². The predicted octanol–water partition coefficient (Wildman–Crippen LogP) is 17.4. The van der Waals surface area contributed by atoms with Crippen molar-refractivity contribution >= 4 is 32.8 Å². The van der Waals surface area contributed by atoms with Crippen molar-refractivity contribution in [2.45, 2.75) is 131 Å². The van der Waals surface area contributed by atoms with Crippen molar-refractivity contribution < 1.29 is 30.4 Å². The molecule has 74 heavy (non-hydrogen) atoms. The normalized spacial score (nSPS) is 12.7. The molecule has 0 N–H and O–H groups in total. The molecule has 0 aliphatic rings. The minimum absolute atomic E-state index is 0. The summed E-state index contributed by atoms with van der Waals surface area (Å²) in [6, 6.07) is 60.2. The minimum Gasteiger partial charge on any atom is -0.510 e. The van der Waals surface area contributed by atoms with E-state index in [1.807, 2.05) is 24.4 Å². The van der Waals surface area contributed by atoms with E-state index in [1.54, 1.807) is 0 Å². The molecule has 0 spiro atoms. The molecule has 10 rings (SSSR count). The molecule has 5 nitrogen and oxygen atoms in total. The van der Waals surface area contributed by atoms with Gasteiger partial charge in [0.15, 0.2) is 0 Å². The fourth-order valence-corrected chi connectivity index (χ4v) is 9.97. The summed E-state index contributed by atoms with van der Waals surface area (Å²) in [5, 5.41) is 2.22. The van der Waals surface area contributed by atoms with Gasteiger partial charge in [-0.15, -0.1) is 29.7 Å². The van der Waals surface area contributed by atoms with Gasteiger partial charge >= 0.3 is 0 Å². The average molecular weight is 1150 g/mol. The molecular weight excluding hydrogens is 1080 g/mol. The van der Waals surface area contributed by atoms with Crippen LogP contribution in [0.5, 0.6) is 11.5 Å². The van der Waals surface area contributed by atoms with E-state index >= 15 is 0 Å². The van der Waals surface area contributed by atoms with Crippen molar-refractivity contribution in [1.82, 2.24) is 14.1 Å². The second-order valence-electron chi connectivity index (χ2n) is 25.1. The van der Waals surface area contributed by atoms with Crippen molar-refractivity contribution in [3.05, 3.63) is 198 Å². The first kappa shape index (κ1) is 52.3. The SMILES string of the molecule is CC(C)(C)c1ccc(-c2ccc3c(c2)n(-c2[c-]c(Oc4[c-]c5c(cc4)c4ccccc4n5-c4cc(C(C)(C)C)ccn4)ccc2)[c-][n+]3-c2c(-c3cccc(C(C)(C)C)c3)cc(C(C)(C)C)cc2C(C)(C)C)cc1.[Pt]. The van der Waals surface area contributed by atoms with Crippen LogP contribution in [-0.4, -0.2) is 14.1 Å². The van der Waals surface area contributed by atoms with Crippen LogP contribution in [0.15, 0.2) is 152 Å². The van der Waals surface area contributed by atoms with Crippen molar-refractivity contribution in [3.63, 3.8) is 0 Å². The predicted molar refractivity (Wildman–Crippen MR) is 304 cm³/mol. The molecule has 0 aliphatic heterocycles. The number of para-hydroxylation sites is 1. The van der Waals surface area contributed by atoms with Gasteiger partial charge in [-0.05, 0) is 112 Å². The number of benzene rings is 7. The van der Waals surface area contributed by atoms with Gasteiger partial charge in [-0.3, -0.25) is 4.57 Å². The van der Waals surface area contributed by atoms with Crippen LogP contribution in [0.1, 0.15) is 132 Å². The van der Waals surface area contributed by atoms with E-state index in [2.05, 4.69) is 263 Å². The van der Waals surface area contributed by atoms with Crippen LogP contribution >= 0.6 is 0 Å². The zero-order chi connectivity index (χ0) is 52.0. The Labute approximate surface area is 454 Å². The molecule has 6 heteroatoms. The van der Waals surface area contributed by atoms with Crippen molar-refractivity contribution in [2.24, 2.45) is 0 Å². The Balaban J connectivity index is 0.00000672. The maximum absolute atomic E-state index is 6.79. The molecule has 0 saturated carbocycles. The molecule has 3 aromatic heterocycles. The van der Waals surface area contributed by atoms with E-state index in [1.165, 1.54) is 38.9 Å². The van der Waals surface area contributed by atoms with Crippen molar-refractivity contribution in [2.75, 3.05) is 0 Å². The summed E-state index contributed by atoms with van der Waals surface area (Å²) < 4.78 is 13.5. The first-order chi connectivity index (χ1) is 34.3. The standard InChI is InChI=1S/C68H70N4O.Pt/c1-64(2,3)47-29-26-44(27-30-47)45-28-33-59-61(37-45)70(43-71(59)63-56(46-20-18-21-48(36-46)65(4,5)6)38-50(67(10,11)12)39-57(63)68(13,14)15)51-22-19-23-52(41-51)73-53-31-32-55-54-24-16-17-25-58(54)72(60(55)42-53)62-40-49(34-35-69-62)66(7,8)9;/h16-40H,1-15H3;/q-2;. The molecule has 0 aliphatic carbocycles. The smallest absolute Gasteiger partial charge is 0.268 e. The monoisotopic (exact) mass is 1150 g/mol. The van der Waals surface area contributed by atoms with E-state index < -0.39 is 0 Å². The van der Waals surface area contributed by atoms with Gasteiger partial charge in [0.05, 0.1) is 16.7 Å². The maximum Gasteiger partial charge on any atom is 0.268 e. The van der Waals surface area contributed by atoms with E-state index in [0.717, 1.165) is 61.2 Å². The number of fused-ring (bicyclic) bond motifs is 4. The quantitative estimate of drug-likeness (QED) is 0.118. The Morgan fingerprint density at radius 3 is 1.81 bits per heavy atom. The summed E-state index contributed by atoms with van der Waals surface area (Å²) in [5.74, 6) is 2.01. The second kappa shape index (κ2) is 19.0. The second-order valence-corrected chi connectivity index (χ2v) is 25.1. The molecule has 3 heterocycles. The summed E-state index contributed by atoms with van der Waals surface area (Å²) >= 11 is 0. The van der Waals surface area contributed by atoms with Crippen molar-refractivity contribution in [3.8, 4) is 50.9 Å². The van der Waals surface area contributed by atoms with Gasteiger partial charge in [0.2, 0.25) is 0 Å². The largest absolute Gasteiger partial charge is 0.510 e. The molecule has 0 radical (unpaired) electrons. The number of aromatic nitrogens is 4. The Morgan fingerprint density at radius 2 is 1.12 bits per heavy atom. The Kier molecular flexibility index (Phi) is 13.4. The Morgan fingerprint density at radius 1 is 0.473 bits per heavy atom. The van der Waals surface area contributed by atoms with Gasteiger partial charge in [0, 0.05) is 44.3 Å². The van der Waals surface area contributed by atoms with Crippen LogP contribution in [0, 0.1) is 18.5 Å². The first-order valence-corrected chi connectivity index (χ1v) is 25.9. The van der Waals surface area contributed by atoms with Crippen LogP contribution in [0.3, 0.4) is 0 Å². The summed E-state index contributed by atoms with van der Waals surface area (Å²) in [5.41, 5.74) is 16.6. The van der Waals surface area contributed by atoms with Gasteiger partial charge < -0.3 is 13.9 Å². The summed E-state index contributed by atoms with van der Waals surface area (Å²) in [4.78, 5) is 4.90. The number of pyridine rings is 1. The number of rotatable bonds is 7. The third kappa shape index (κ3) is 10.1. The first-order valence-electron chi connectivity index (χ1n) is 25.9. The Hall–Kier alpha value is -6.55. The van der Waals surface area contributed by atoms with Gasteiger partial charge in [-0.1, -0.05) is 200 Å². The van der Waals surface area contributed by atoms with E-state index in [9.17, 15) is 0 Å². The Bertz CT molecular complexity index is 3720. The number of imidazole rings is 1. The van der Waals surface area contributed by atoms with Gasteiger partial charge in [-0.25, -0.2) is 4.98 Å². The van der Waals surface area contributed by atoms with Gasteiger partial charge in [0.25, 0.3) is 6.33 Å². The molecule has 0 saturated heterocycles. The molecule has 380 valence electrons. The summed E-state index contributed by atoms with van der Waals surface area (Å²) in [6.45, 7) is 34.3. The van der Waals surface area contributed by atoms with E-state index in [0.29, 0.717) is 11.5 Å². The van der Waals surface area contributed by atoms with Crippen molar-refractivity contribution in [1.29, 1.82) is 0 Å². The molecule has 0 unspecified atom stereocenters. The minimum atomic E-state index is -0.217. The number of nitrogens with zero attached hydrogens (tertiary/aromatic N) is 4. The zero-order valence-corrected chi connectivity index (χ0v) is 48.2. The van der Waals surface area contributed by atoms with Gasteiger partial charge in [0.1, 0.15) is 5.82 Å². The summed E-state index contributed by atoms with van der Waals surface area (Å²) in [6.07, 6.45) is 5.86. The van der Waals surface area contributed by atoms with Crippen LogP contribution in [0.2, 0.25) is 0 Å². The molecule has 0 fully saturated rings. The van der Waals surface area contributed by atoms with Crippen LogP contribution in [0.4, 0.5) is 0 Å². The van der Waals surface area contributed by atoms with Crippen LogP contribution in [0.25, 0.3) is 72.3 Å². The number of hydrogen-bond acceptors (Lipinski definition) is 2. The zero-order valence-electron chi connectivity index (χ0n) is 45.9. The topological polar surface area (TPSA) is 35.9 Å². The molecule has 10 aromatic rings. The third-order valence-corrected chi connectivity index (χ3v) is 14.4. The third-order valence-electron chi connectivity index (χ3n) is 14.4.